The molecule has 0 N–H and O–H groups in total. The smallest absolute Gasteiger partial charge is 0.258 e. The topological polar surface area (TPSA) is 86.5 Å². The van der Waals surface area contributed by atoms with Gasteiger partial charge in [0.1, 0.15) is 0 Å². The minimum absolute atomic E-state index is 0.0521. The van der Waals surface area contributed by atoms with E-state index in [4.69, 9.17) is 2.51 Å². The lowest BCUT2D eigenvalue weighted by Gasteiger charge is -2.19. The molecule has 3 aromatic carbocycles. The molecule has 0 saturated heterocycles. The first-order valence-electron chi connectivity index (χ1n) is 10.8. The fourth-order valence-electron chi connectivity index (χ4n) is 3.26. The Morgan fingerprint density at radius 3 is 1.53 bits per heavy atom. The van der Waals surface area contributed by atoms with Crippen LogP contribution in [0.5, 0.6) is 0 Å². The Hall–Kier alpha value is -2.30. The lowest BCUT2D eigenvalue weighted by atomic mass is 9.87. The maximum absolute atomic E-state index is 13.3. The zero-order chi connectivity index (χ0) is 25.3. The predicted molar refractivity (Wildman–Crippen MR) is 129 cm³/mol. The molecule has 3 rings (SSSR count). The first kappa shape index (κ1) is 26.3. The Morgan fingerprint density at radius 1 is 0.735 bits per heavy atom. The van der Waals surface area contributed by atoms with Crippen molar-refractivity contribution in [1.29, 1.82) is 0 Å². The number of benzene rings is 3. The molecule has 0 aromatic heterocycles. The van der Waals surface area contributed by atoms with E-state index >= 15 is 0 Å². The third kappa shape index (κ3) is 6.03. The first-order valence-corrected chi connectivity index (χ1v) is 15.2. The largest absolute Gasteiger partial charge is 0.342 e. The summed E-state index contributed by atoms with van der Waals surface area (Å²) in [7, 11) is -4.38. The average molecular weight is 595 g/mol. The third-order valence-corrected chi connectivity index (χ3v) is 12.7. The second-order valence-electron chi connectivity index (χ2n) is 10.0. The van der Waals surface area contributed by atoms with Crippen LogP contribution in [-0.4, -0.2) is 13.3 Å². The summed E-state index contributed by atoms with van der Waals surface area (Å²) < 4.78 is 34.0. The fraction of sp³-hybridized carbons (Fsp3) is 0.308. The summed E-state index contributed by atoms with van der Waals surface area (Å²) in [6, 6.07) is 20.9. The Bertz CT molecular complexity index is 1220. The van der Waals surface area contributed by atoms with E-state index in [1.807, 2.05) is 48.5 Å². The molecule has 0 heterocycles. The van der Waals surface area contributed by atoms with E-state index in [-0.39, 0.29) is 10.8 Å². The van der Waals surface area contributed by atoms with Crippen molar-refractivity contribution in [3.05, 3.63) is 101 Å². The Kier molecular flexibility index (Phi) is 7.54. The minimum Gasteiger partial charge on any atom is -0.258 e. The summed E-state index contributed by atoms with van der Waals surface area (Å²) in [6.45, 7) is 12.7. The molecule has 0 saturated carbocycles. The van der Waals surface area contributed by atoms with Crippen LogP contribution in [0.4, 0.5) is 5.69 Å². The van der Waals surface area contributed by atoms with Gasteiger partial charge in [0.05, 0.1) is 4.92 Å². The number of hydrogen-bond donors (Lipinski definition) is 0. The number of nitro groups is 1. The van der Waals surface area contributed by atoms with Crippen molar-refractivity contribution in [1.82, 2.24) is 0 Å². The summed E-state index contributed by atoms with van der Waals surface area (Å²) in [5.74, 6) is 0. The van der Waals surface area contributed by atoms with Crippen LogP contribution in [0.25, 0.3) is 0 Å². The molecule has 34 heavy (non-hydrogen) atoms. The quantitative estimate of drug-likeness (QED) is 0.248. The van der Waals surface area contributed by atoms with Gasteiger partial charge in [-0.25, -0.2) is 0 Å². The van der Waals surface area contributed by atoms with Gasteiger partial charge < -0.3 is 0 Å². The second-order valence-corrected chi connectivity index (χ2v) is 16.5. The van der Waals surface area contributed by atoms with Gasteiger partial charge in [-0.3, -0.25) is 10.1 Å². The number of nitro benzene ring substituents is 1. The van der Waals surface area contributed by atoms with Crippen LogP contribution in [-0.2, 0) is 23.5 Å². The molecule has 0 atom stereocenters. The van der Waals surface area contributed by atoms with E-state index in [9.17, 15) is 18.5 Å². The molecule has 8 heteroatoms. The van der Waals surface area contributed by atoms with Gasteiger partial charge in [-0.05, 0) is 54.8 Å². The van der Waals surface area contributed by atoms with Gasteiger partial charge in [0.2, 0.25) is 0 Å². The number of hydrogen-bond acceptors (Lipinski definition) is 5. The van der Waals surface area contributed by atoms with Gasteiger partial charge >= 0.3 is 30.4 Å². The average Bonchev–Trinajstić information content (AvgIpc) is 2.76. The van der Waals surface area contributed by atoms with Gasteiger partial charge in [0, 0.05) is 6.07 Å². The summed E-state index contributed by atoms with van der Waals surface area (Å²) in [5, 5.41) is 11.5. The highest BCUT2D eigenvalue weighted by molar-refractivity contribution is 7.86. The van der Waals surface area contributed by atoms with Crippen LogP contribution in [0, 0.1) is 17.3 Å². The zero-order valence-corrected chi connectivity index (χ0v) is 23.2. The Labute approximate surface area is 209 Å². The normalized spacial score (nSPS) is 12.7. The maximum atomic E-state index is 13.3. The molecule has 6 nitrogen and oxygen atoms in total. The highest BCUT2D eigenvalue weighted by atomic mass is 127. The van der Waals surface area contributed by atoms with E-state index in [1.54, 1.807) is 0 Å². The van der Waals surface area contributed by atoms with Crippen LogP contribution < -0.4 is 20.2 Å². The molecule has 0 aliphatic rings. The lowest BCUT2D eigenvalue weighted by molar-refractivity contribution is -1.03. The van der Waals surface area contributed by atoms with Gasteiger partial charge in [0.25, 0.3) is 5.69 Å². The molecule has 0 aliphatic heterocycles. The van der Waals surface area contributed by atoms with E-state index in [1.165, 1.54) is 24.3 Å². The van der Waals surface area contributed by atoms with Crippen molar-refractivity contribution in [3.63, 3.8) is 0 Å². The molecule has 0 unspecified atom stereocenters. The maximum Gasteiger partial charge on any atom is 0.342 e. The summed E-state index contributed by atoms with van der Waals surface area (Å²) in [6.07, 6.45) is 0. The summed E-state index contributed by atoms with van der Waals surface area (Å²) in [5.41, 5.74) is 1.64. The summed E-state index contributed by atoms with van der Waals surface area (Å²) in [4.78, 5) is 10.3. The lowest BCUT2D eigenvalue weighted by Crippen LogP contribution is -3.85. The van der Waals surface area contributed by atoms with Crippen molar-refractivity contribution in [3.8, 4) is 0 Å². The molecule has 0 spiro atoms. The zero-order valence-electron chi connectivity index (χ0n) is 20.2. The molecule has 0 fully saturated rings. The number of nitrogens with zero attached hydrogens (tertiary/aromatic N) is 1. The van der Waals surface area contributed by atoms with Gasteiger partial charge in [-0.1, -0.05) is 77.9 Å². The SMILES string of the molecule is CC(C)(C)c1ccc([I+](OS(=O)(=O)c2ccccc2[N+](=O)[O-])c2ccc(C(C)(C)C)cc2)cc1. The molecular formula is C26H30INO5S+. The van der Waals surface area contributed by atoms with Crippen LogP contribution >= 0.6 is 0 Å². The molecule has 0 bridgehead atoms. The van der Waals surface area contributed by atoms with Crippen LogP contribution in [0.15, 0.2) is 77.7 Å². The molecule has 3 aromatic rings. The number of rotatable bonds is 6. The van der Waals surface area contributed by atoms with Crippen molar-refractivity contribution in [2.24, 2.45) is 0 Å². The van der Waals surface area contributed by atoms with Crippen molar-refractivity contribution in [2.45, 2.75) is 57.3 Å². The van der Waals surface area contributed by atoms with E-state index < -0.39 is 45.9 Å². The molecule has 181 valence electrons. The van der Waals surface area contributed by atoms with Gasteiger partial charge in [-0.2, -0.15) is 8.42 Å². The molecule has 0 amide bonds. The minimum atomic E-state index is -4.38. The molecular weight excluding hydrogens is 565 g/mol. The predicted octanol–water partition coefficient (Wildman–Crippen LogP) is 3.17. The highest BCUT2D eigenvalue weighted by Gasteiger charge is 2.40. The van der Waals surface area contributed by atoms with Crippen LogP contribution in [0.2, 0.25) is 0 Å². The molecule has 1 radical (unpaired) electrons. The number of halogens is 1. The Morgan fingerprint density at radius 2 is 1.15 bits per heavy atom. The van der Waals surface area contributed by atoms with Crippen LogP contribution in [0.3, 0.4) is 0 Å². The van der Waals surface area contributed by atoms with Gasteiger partial charge in [-0.15, -0.1) is 0 Å². The van der Waals surface area contributed by atoms with Crippen molar-refractivity contribution < 1.29 is 36.1 Å². The molecule has 0 aliphatic carbocycles. The third-order valence-electron chi connectivity index (χ3n) is 5.29. The second kappa shape index (κ2) is 9.75. The van der Waals surface area contributed by atoms with E-state index in [0.29, 0.717) is 0 Å². The standard InChI is InChI=1S/C26H30INO5S/c1-25(2,3)19-11-15-21(16-12-19)27(22-17-13-20(14-18-22)26(4,5)6)33-34(31,32)24-10-8-7-9-23(24)28(29)30/h7-18H,1-6H3/q+1. The van der Waals surface area contributed by atoms with Crippen molar-refractivity contribution >= 4 is 15.8 Å². The number of para-hydroxylation sites is 1. The van der Waals surface area contributed by atoms with Crippen molar-refractivity contribution in [2.75, 3.05) is 0 Å². The Balaban J connectivity index is 2.10. The fourth-order valence-corrected chi connectivity index (χ4v) is 10.3. The van der Waals surface area contributed by atoms with Crippen LogP contribution in [0.1, 0.15) is 52.7 Å². The first-order chi connectivity index (χ1) is 15.7. The summed E-state index contributed by atoms with van der Waals surface area (Å²) >= 11 is -2.99. The van der Waals surface area contributed by atoms with Gasteiger partial charge in [0.15, 0.2) is 12.0 Å². The van der Waals surface area contributed by atoms with E-state index in [2.05, 4.69) is 41.5 Å². The van der Waals surface area contributed by atoms with E-state index in [0.717, 1.165) is 18.3 Å². The monoisotopic (exact) mass is 595 g/mol. The highest BCUT2D eigenvalue weighted by Crippen LogP contribution is 2.24.